The Morgan fingerprint density at radius 3 is 2.69 bits per heavy atom. The van der Waals surface area contributed by atoms with Gasteiger partial charge in [-0.15, -0.1) is 10.2 Å². The van der Waals surface area contributed by atoms with Crippen LogP contribution in [-0.2, 0) is 16.1 Å². The summed E-state index contributed by atoms with van der Waals surface area (Å²) < 4.78 is 10.8. The van der Waals surface area contributed by atoms with Gasteiger partial charge in [0.05, 0.1) is 0 Å². The lowest BCUT2D eigenvalue weighted by molar-refractivity contribution is -0.127. The summed E-state index contributed by atoms with van der Waals surface area (Å²) >= 11 is 0. The highest BCUT2D eigenvalue weighted by molar-refractivity contribution is 5.79. The van der Waals surface area contributed by atoms with E-state index in [9.17, 15) is 9.59 Å². The average Bonchev–Trinajstić information content (AvgIpc) is 3.54. The summed E-state index contributed by atoms with van der Waals surface area (Å²) in [6.07, 6.45) is 4.01. The van der Waals surface area contributed by atoms with Crippen molar-refractivity contribution in [1.29, 1.82) is 0 Å². The Morgan fingerprint density at radius 2 is 1.91 bits per heavy atom. The van der Waals surface area contributed by atoms with Crippen LogP contribution in [0.1, 0.15) is 37.7 Å². The molecular weight excluding hydrogens is 448 g/mol. The second kappa shape index (κ2) is 10.8. The molecule has 10 heteroatoms. The minimum absolute atomic E-state index is 0.0234. The van der Waals surface area contributed by atoms with Crippen molar-refractivity contribution in [2.75, 3.05) is 49.7 Å². The highest BCUT2D eigenvalue weighted by atomic mass is 16.7. The van der Waals surface area contributed by atoms with E-state index in [1.54, 1.807) is 0 Å². The Hall–Kier alpha value is -3.56. The van der Waals surface area contributed by atoms with E-state index in [2.05, 4.69) is 25.7 Å². The van der Waals surface area contributed by atoms with Crippen molar-refractivity contribution in [1.82, 2.24) is 20.4 Å². The predicted octanol–water partition coefficient (Wildman–Crippen LogP) is 2.16. The third-order valence-corrected chi connectivity index (χ3v) is 6.83. The van der Waals surface area contributed by atoms with E-state index in [4.69, 9.17) is 9.47 Å². The van der Waals surface area contributed by atoms with E-state index >= 15 is 0 Å². The van der Waals surface area contributed by atoms with Crippen molar-refractivity contribution in [2.45, 2.75) is 38.6 Å². The molecule has 2 amide bonds. The van der Waals surface area contributed by atoms with Crippen LogP contribution in [0.3, 0.4) is 0 Å². The first kappa shape index (κ1) is 23.2. The third-order valence-electron chi connectivity index (χ3n) is 6.83. The number of amides is 2. The summed E-state index contributed by atoms with van der Waals surface area (Å²) in [5.41, 5.74) is 1.07. The third kappa shape index (κ3) is 5.75. The van der Waals surface area contributed by atoms with Crippen LogP contribution in [0.25, 0.3) is 0 Å². The number of likely N-dealkylation sites (tertiary alicyclic amines) is 1. The molecule has 2 saturated heterocycles. The van der Waals surface area contributed by atoms with Crippen molar-refractivity contribution in [3.05, 3.63) is 35.9 Å². The van der Waals surface area contributed by atoms with E-state index in [0.717, 1.165) is 74.7 Å². The number of anilines is 2. The lowest BCUT2D eigenvalue weighted by Gasteiger charge is -2.31. The fourth-order valence-corrected chi connectivity index (χ4v) is 4.77. The smallest absolute Gasteiger partial charge is 0.231 e. The first-order chi connectivity index (χ1) is 17.2. The second-order valence-corrected chi connectivity index (χ2v) is 9.21. The molecule has 1 aromatic heterocycles. The molecule has 35 heavy (non-hydrogen) atoms. The Morgan fingerprint density at radius 1 is 1.06 bits per heavy atom. The first-order valence-corrected chi connectivity index (χ1v) is 12.4. The van der Waals surface area contributed by atoms with Gasteiger partial charge >= 0.3 is 0 Å². The molecule has 2 aromatic rings. The molecule has 0 bridgehead atoms. The number of hydrogen-bond donors (Lipinski definition) is 2. The Bertz CT molecular complexity index is 1040. The van der Waals surface area contributed by atoms with Crippen LogP contribution in [0.4, 0.5) is 11.6 Å². The minimum atomic E-state index is 0.0234. The number of fused-ring (bicyclic) bond motifs is 1. The van der Waals surface area contributed by atoms with Gasteiger partial charge in [-0.25, -0.2) is 0 Å². The van der Waals surface area contributed by atoms with Gasteiger partial charge in [-0.2, -0.15) is 0 Å². The molecule has 3 aliphatic heterocycles. The molecule has 186 valence electrons. The lowest BCUT2D eigenvalue weighted by Crippen LogP contribution is -2.41. The highest BCUT2D eigenvalue weighted by Gasteiger charge is 2.26. The summed E-state index contributed by atoms with van der Waals surface area (Å²) in [5.74, 6) is 3.45. The van der Waals surface area contributed by atoms with Crippen molar-refractivity contribution in [3.8, 4) is 11.5 Å². The summed E-state index contributed by atoms with van der Waals surface area (Å²) in [6, 6.07) is 9.77. The van der Waals surface area contributed by atoms with Gasteiger partial charge in [0.15, 0.2) is 17.3 Å². The Kier molecular flexibility index (Phi) is 7.15. The molecule has 1 aromatic carbocycles. The number of rotatable bonds is 9. The van der Waals surface area contributed by atoms with Crippen molar-refractivity contribution >= 4 is 23.5 Å². The van der Waals surface area contributed by atoms with E-state index in [-0.39, 0.29) is 24.5 Å². The summed E-state index contributed by atoms with van der Waals surface area (Å²) in [6.45, 7) is 4.64. The number of carbonyl (C=O) groups excluding carboxylic acids is 2. The maximum Gasteiger partial charge on any atom is 0.231 e. The molecule has 0 radical (unpaired) electrons. The van der Waals surface area contributed by atoms with E-state index in [1.807, 2.05) is 35.2 Å². The molecule has 10 nitrogen and oxygen atoms in total. The molecule has 0 saturated carbocycles. The van der Waals surface area contributed by atoms with Crippen LogP contribution >= 0.6 is 0 Å². The summed E-state index contributed by atoms with van der Waals surface area (Å²) in [7, 11) is 0. The predicted molar refractivity (Wildman–Crippen MR) is 130 cm³/mol. The number of nitrogens with zero attached hydrogens (tertiary/aromatic N) is 4. The SMILES string of the molecule is O=C(NCCCN1CCCC1=O)C1CCN(c2ccc(NCc3ccc4c(c3)OCO4)nn2)CC1. The molecule has 3 aliphatic rings. The molecule has 2 N–H and O–H groups in total. The molecular formula is C25H32N6O4. The topological polar surface area (TPSA) is 109 Å². The quantitative estimate of drug-likeness (QED) is 0.526. The lowest BCUT2D eigenvalue weighted by atomic mass is 9.96. The maximum absolute atomic E-state index is 12.5. The molecule has 0 atom stereocenters. The van der Waals surface area contributed by atoms with Gasteiger partial charge in [-0.3, -0.25) is 9.59 Å². The standard InChI is InChI=1S/C25H32N6O4/c32-24-3-1-11-31(24)12-2-10-26-25(33)19-8-13-30(14-9-19)23-7-6-22(28-29-23)27-16-18-4-5-20-21(15-18)35-17-34-20/h4-7,15,19H,1-3,8-14,16-17H2,(H,26,33)(H,27,28). The van der Waals surface area contributed by atoms with E-state index in [1.165, 1.54) is 0 Å². The monoisotopic (exact) mass is 480 g/mol. The maximum atomic E-state index is 12.5. The molecule has 0 aliphatic carbocycles. The highest BCUT2D eigenvalue weighted by Crippen LogP contribution is 2.32. The van der Waals surface area contributed by atoms with E-state index < -0.39 is 0 Å². The number of hydrogen-bond acceptors (Lipinski definition) is 8. The van der Waals surface area contributed by atoms with E-state index in [0.29, 0.717) is 25.3 Å². The van der Waals surface area contributed by atoms with Gasteiger partial charge in [-0.1, -0.05) is 6.07 Å². The Balaban J connectivity index is 1.02. The van der Waals surface area contributed by atoms with Gasteiger partial charge in [0.2, 0.25) is 18.6 Å². The minimum Gasteiger partial charge on any atom is -0.454 e. The van der Waals surface area contributed by atoms with Gasteiger partial charge in [0, 0.05) is 51.6 Å². The number of piperidine rings is 1. The summed E-state index contributed by atoms with van der Waals surface area (Å²) in [5, 5.41) is 15.0. The van der Waals surface area contributed by atoms with Crippen LogP contribution in [0.15, 0.2) is 30.3 Å². The van der Waals surface area contributed by atoms with Gasteiger partial charge in [0.25, 0.3) is 0 Å². The number of benzene rings is 1. The fraction of sp³-hybridized carbons (Fsp3) is 0.520. The van der Waals surface area contributed by atoms with Crippen LogP contribution < -0.4 is 25.0 Å². The van der Waals surface area contributed by atoms with Crippen molar-refractivity contribution in [2.24, 2.45) is 5.92 Å². The normalized spacial score (nSPS) is 17.7. The second-order valence-electron chi connectivity index (χ2n) is 9.21. The average molecular weight is 481 g/mol. The number of aromatic nitrogens is 2. The van der Waals surface area contributed by atoms with Crippen LogP contribution in [0.2, 0.25) is 0 Å². The van der Waals surface area contributed by atoms with Gasteiger partial charge in [0.1, 0.15) is 5.82 Å². The summed E-state index contributed by atoms with van der Waals surface area (Å²) in [4.78, 5) is 28.3. The number of ether oxygens (including phenoxy) is 2. The zero-order chi connectivity index (χ0) is 24.0. The number of nitrogens with one attached hydrogen (secondary N) is 2. The van der Waals surface area contributed by atoms with Crippen LogP contribution in [0, 0.1) is 5.92 Å². The van der Waals surface area contributed by atoms with Gasteiger partial charge in [-0.05, 0) is 55.5 Å². The number of carbonyl (C=O) groups is 2. The van der Waals surface area contributed by atoms with Gasteiger partial charge < -0.3 is 29.9 Å². The molecule has 0 unspecified atom stereocenters. The van der Waals surface area contributed by atoms with Crippen LogP contribution in [0.5, 0.6) is 11.5 Å². The van der Waals surface area contributed by atoms with Crippen LogP contribution in [-0.4, -0.2) is 66.4 Å². The van der Waals surface area contributed by atoms with Crippen molar-refractivity contribution in [3.63, 3.8) is 0 Å². The molecule has 2 fully saturated rings. The largest absolute Gasteiger partial charge is 0.454 e. The molecule has 5 rings (SSSR count). The zero-order valence-corrected chi connectivity index (χ0v) is 19.9. The van der Waals surface area contributed by atoms with Crippen molar-refractivity contribution < 1.29 is 19.1 Å². The first-order valence-electron chi connectivity index (χ1n) is 12.4. The Labute approximate surface area is 205 Å². The zero-order valence-electron chi connectivity index (χ0n) is 19.9. The fourth-order valence-electron chi connectivity index (χ4n) is 4.77. The molecule has 4 heterocycles. The molecule has 0 spiro atoms.